The molecule has 9 nitrogen and oxygen atoms in total. The molecule has 3 rings (SSSR count). The third-order valence-corrected chi connectivity index (χ3v) is 3.99. The van der Waals surface area contributed by atoms with E-state index in [9.17, 15) is 14.9 Å². The van der Waals surface area contributed by atoms with Crippen LogP contribution in [-0.2, 0) is 13.6 Å². The van der Waals surface area contributed by atoms with Crippen LogP contribution in [0.1, 0.15) is 21.6 Å². The van der Waals surface area contributed by atoms with Crippen LogP contribution in [0.4, 0.5) is 17.2 Å². The summed E-state index contributed by atoms with van der Waals surface area (Å²) < 4.78 is 1.45. The molecule has 0 fully saturated rings. The van der Waals surface area contributed by atoms with E-state index in [1.165, 1.54) is 4.68 Å². The van der Waals surface area contributed by atoms with Crippen molar-refractivity contribution >= 4 is 23.1 Å². The summed E-state index contributed by atoms with van der Waals surface area (Å²) in [6.45, 7) is 1.96. The van der Waals surface area contributed by atoms with Gasteiger partial charge in [-0.2, -0.15) is 5.10 Å². The van der Waals surface area contributed by atoms with Gasteiger partial charge in [0, 0.05) is 37.2 Å². The highest BCUT2D eigenvalue weighted by atomic mass is 16.6. The molecule has 1 aromatic carbocycles. The van der Waals surface area contributed by atoms with E-state index in [1.807, 2.05) is 0 Å². The second-order valence-corrected chi connectivity index (χ2v) is 5.90. The molecule has 2 N–H and O–H groups in total. The zero-order valence-electron chi connectivity index (χ0n) is 14.8. The number of benzene rings is 1. The Labute approximate surface area is 155 Å². The van der Waals surface area contributed by atoms with Gasteiger partial charge in [0.1, 0.15) is 5.69 Å². The lowest BCUT2D eigenvalue weighted by molar-refractivity contribution is -0.384. The molecular weight excluding hydrogens is 348 g/mol. The van der Waals surface area contributed by atoms with Gasteiger partial charge in [-0.15, -0.1) is 0 Å². The maximum atomic E-state index is 12.2. The van der Waals surface area contributed by atoms with Gasteiger partial charge in [-0.05, 0) is 36.8 Å². The van der Waals surface area contributed by atoms with Gasteiger partial charge in [-0.1, -0.05) is 12.1 Å². The molecule has 0 bridgehead atoms. The molecule has 0 saturated carbocycles. The first-order chi connectivity index (χ1) is 13.0. The molecule has 0 radical (unpaired) electrons. The summed E-state index contributed by atoms with van der Waals surface area (Å²) in [5.74, 6) is 0.121. The van der Waals surface area contributed by atoms with E-state index >= 15 is 0 Å². The quantitative estimate of drug-likeness (QED) is 0.512. The van der Waals surface area contributed by atoms with Crippen LogP contribution in [-0.4, -0.2) is 25.6 Å². The number of anilines is 2. The standard InChI is InChI=1S/C18H18N6O3/c1-12-16(24(26)27)17(23(2)22-12)20-11-13-3-5-14(6-4-13)18(25)21-15-7-9-19-10-8-15/h3-10,20H,11H2,1-2H3,(H,19,21,25). The average molecular weight is 366 g/mol. The van der Waals surface area contributed by atoms with E-state index in [1.54, 1.807) is 62.8 Å². The van der Waals surface area contributed by atoms with Crippen LogP contribution in [0.2, 0.25) is 0 Å². The maximum absolute atomic E-state index is 12.2. The molecule has 1 amide bonds. The predicted octanol–water partition coefficient (Wildman–Crippen LogP) is 2.90. The number of nitrogens with one attached hydrogen (secondary N) is 2. The average Bonchev–Trinajstić information content (AvgIpc) is 2.94. The number of pyridine rings is 1. The highest BCUT2D eigenvalue weighted by Crippen LogP contribution is 2.27. The number of nitrogens with zero attached hydrogens (tertiary/aromatic N) is 4. The number of aryl methyl sites for hydroxylation is 2. The number of nitro groups is 1. The third kappa shape index (κ3) is 4.09. The van der Waals surface area contributed by atoms with Crippen LogP contribution in [0.25, 0.3) is 0 Å². The lowest BCUT2D eigenvalue weighted by atomic mass is 10.1. The van der Waals surface area contributed by atoms with Crippen molar-refractivity contribution in [1.29, 1.82) is 0 Å². The number of aromatic nitrogens is 3. The minimum Gasteiger partial charge on any atom is -0.360 e. The smallest absolute Gasteiger partial charge is 0.333 e. The number of hydrogen-bond acceptors (Lipinski definition) is 6. The van der Waals surface area contributed by atoms with Gasteiger partial charge in [0.2, 0.25) is 5.82 Å². The molecular formula is C18H18N6O3. The number of amides is 1. The molecule has 0 atom stereocenters. The Kier molecular flexibility index (Phi) is 5.11. The van der Waals surface area contributed by atoms with Crippen LogP contribution in [0.5, 0.6) is 0 Å². The van der Waals surface area contributed by atoms with Gasteiger partial charge in [-0.25, -0.2) is 4.68 Å². The topological polar surface area (TPSA) is 115 Å². The zero-order valence-corrected chi connectivity index (χ0v) is 14.8. The Morgan fingerprint density at radius 3 is 2.48 bits per heavy atom. The molecule has 2 aromatic heterocycles. The summed E-state index contributed by atoms with van der Waals surface area (Å²) in [6.07, 6.45) is 3.20. The molecule has 0 aliphatic rings. The van der Waals surface area contributed by atoms with Crippen LogP contribution in [0, 0.1) is 17.0 Å². The molecule has 0 aliphatic carbocycles. The molecule has 3 aromatic rings. The minimum absolute atomic E-state index is 0.0363. The van der Waals surface area contributed by atoms with Gasteiger partial charge in [0.15, 0.2) is 0 Å². The molecule has 2 heterocycles. The number of carbonyl (C=O) groups excluding carboxylic acids is 1. The summed E-state index contributed by atoms with van der Waals surface area (Å²) in [7, 11) is 1.65. The van der Waals surface area contributed by atoms with E-state index in [-0.39, 0.29) is 11.6 Å². The normalized spacial score (nSPS) is 10.4. The van der Waals surface area contributed by atoms with Gasteiger partial charge in [-0.3, -0.25) is 19.9 Å². The fourth-order valence-electron chi connectivity index (χ4n) is 2.66. The molecule has 138 valence electrons. The lowest BCUT2D eigenvalue weighted by Gasteiger charge is -2.08. The van der Waals surface area contributed by atoms with Gasteiger partial charge in [0.25, 0.3) is 5.91 Å². The van der Waals surface area contributed by atoms with Crippen molar-refractivity contribution in [2.75, 3.05) is 10.6 Å². The molecule has 0 spiro atoms. The van der Waals surface area contributed by atoms with E-state index in [4.69, 9.17) is 0 Å². The zero-order chi connectivity index (χ0) is 19.4. The Bertz CT molecular complexity index is 967. The summed E-state index contributed by atoms with van der Waals surface area (Å²) in [5.41, 5.74) is 2.38. The minimum atomic E-state index is -0.447. The summed E-state index contributed by atoms with van der Waals surface area (Å²) >= 11 is 0. The first-order valence-corrected chi connectivity index (χ1v) is 8.18. The molecule has 27 heavy (non-hydrogen) atoms. The molecule has 0 saturated heterocycles. The van der Waals surface area contributed by atoms with Crippen LogP contribution in [0.3, 0.4) is 0 Å². The third-order valence-electron chi connectivity index (χ3n) is 3.99. The lowest BCUT2D eigenvalue weighted by Crippen LogP contribution is -2.12. The fraction of sp³-hybridized carbons (Fsp3) is 0.167. The van der Waals surface area contributed by atoms with Gasteiger partial charge >= 0.3 is 5.69 Å². The van der Waals surface area contributed by atoms with E-state index in [0.29, 0.717) is 29.3 Å². The first kappa shape index (κ1) is 18.1. The van der Waals surface area contributed by atoms with E-state index in [2.05, 4.69) is 20.7 Å². The Morgan fingerprint density at radius 1 is 1.19 bits per heavy atom. The predicted molar refractivity (Wildman–Crippen MR) is 101 cm³/mol. The van der Waals surface area contributed by atoms with Crippen molar-refractivity contribution in [3.8, 4) is 0 Å². The fourth-order valence-corrected chi connectivity index (χ4v) is 2.66. The van der Waals surface area contributed by atoms with Crippen molar-refractivity contribution in [2.45, 2.75) is 13.5 Å². The molecule has 9 heteroatoms. The van der Waals surface area contributed by atoms with Crippen LogP contribution >= 0.6 is 0 Å². The van der Waals surface area contributed by atoms with Crippen molar-refractivity contribution in [1.82, 2.24) is 14.8 Å². The highest BCUT2D eigenvalue weighted by molar-refractivity contribution is 6.04. The Balaban J connectivity index is 1.66. The Hall–Kier alpha value is -3.75. The highest BCUT2D eigenvalue weighted by Gasteiger charge is 2.23. The SMILES string of the molecule is Cc1nn(C)c(NCc2ccc(C(=O)Nc3ccncc3)cc2)c1[N+](=O)[O-]. The summed E-state index contributed by atoms with van der Waals surface area (Å²) in [4.78, 5) is 26.9. The number of rotatable bonds is 6. The largest absolute Gasteiger partial charge is 0.360 e. The van der Waals surface area contributed by atoms with Crippen molar-refractivity contribution in [2.24, 2.45) is 7.05 Å². The molecule has 0 unspecified atom stereocenters. The van der Waals surface area contributed by atoms with Gasteiger partial charge in [0.05, 0.1) is 4.92 Å². The van der Waals surface area contributed by atoms with E-state index in [0.717, 1.165) is 5.56 Å². The summed E-state index contributed by atoms with van der Waals surface area (Å²) in [6, 6.07) is 10.4. The summed E-state index contributed by atoms with van der Waals surface area (Å²) in [5, 5.41) is 21.1. The van der Waals surface area contributed by atoms with Crippen LogP contribution < -0.4 is 10.6 Å². The first-order valence-electron chi connectivity index (χ1n) is 8.18. The van der Waals surface area contributed by atoms with Crippen LogP contribution in [0.15, 0.2) is 48.8 Å². The maximum Gasteiger partial charge on any atom is 0.333 e. The monoisotopic (exact) mass is 366 g/mol. The van der Waals surface area contributed by atoms with Crippen molar-refractivity contribution in [3.05, 3.63) is 75.7 Å². The van der Waals surface area contributed by atoms with E-state index < -0.39 is 4.92 Å². The van der Waals surface area contributed by atoms with Gasteiger partial charge < -0.3 is 10.6 Å². The van der Waals surface area contributed by atoms with Crippen molar-refractivity contribution in [3.63, 3.8) is 0 Å². The second-order valence-electron chi connectivity index (χ2n) is 5.90. The molecule has 0 aliphatic heterocycles. The van der Waals surface area contributed by atoms with Crippen molar-refractivity contribution < 1.29 is 9.72 Å². The number of carbonyl (C=O) groups is 1. The Morgan fingerprint density at radius 2 is 1.85 bits per heavy atom. The second kappa shape index (κ2) is 7.65. The number of hydrogen-bond donors (Lipinski definition) is 2.